The van der Waals surface area contributed by atoms with Gasteiger partial charge in [0, 0.05) is 27.9 Å². The van der Waals surface area contributed by atoms with Crippen molar-refractivity contribution in [1.29, 1.82) is 0 Å². The van der Waals surface area contributed by atoms with E-state index in [2.05, 4.69) is 69.7 Å². The van der Waals surface area contributed by atoms with Gasteiger partial charge in [0.1, 0.15) is 0 Å². The molecular formula is C28H39NO2. The van der Waals surface area contributed by atoms with Gasteiger partial charge >= 0.3 is 0 Å². The molecule has 5 rings (SSSR count). The number of allylic oxidation sites excluding steroid dienone is 1. The number of nitrogens with one attached hydrogen (secondary N) is 1. The molecule has 0 aliphatic heterocycles. The van der Waals surface area contributed by atoms with Gasteiger partial charge in [0.05, 0.1) is 12.2 Å². The van der Waals surface area contributed by atoms with Crippen molar-refractivity contribution in [2.75, 3.05) is 0 Å². The van der Waals surface area contributed by atoms with Crippen LogP contribution in [0.25, 0.3) is 10.9 Å². The van der Waals surface area contributed by atoms with Gasteiger partial charge in [-0.2, -0.15) is 0 Å². The van der Waals surface area contributed by atoms with Crippen molar-refractivity contribution in [3.63, 3.8) is 0 Å². The van der Waals surface area contributed by atoms with Crippen molar-refractivity contribution in [2.45, 2.75) is 77.9 Å². The average Bonchev–Trinajstić information content (AvgIpc) is 3.17. The van der Waals surface area contributed by atoms with Crippen LogP contribution < -0.4 is 0 Å². The van der Waals surface area contributed by atoms with Gasteiger partial charge in [-0.15, -0.1) is 0 Å². The number of hydrogen-bond acceptors (Lipinski definition) is 2. The predicted octanol–water partition coefficient (Wildman–Crippen LogP) is 6.04. The summed E-state index contributed by atoms with van der Waals surface area (Å²) < 4.78 is 0. The summed E-state index contributed by atoms with van der Waals surface area (Å²) in [5.41, 5.74) is 3.30. The number of hydrogen-bond donors (Lipinski definition) is 3. The molecule has 0 radical (unpaired) electrons. The fourth-order valence-corrected chi connectivity index (χ4v) is 8.69. The normalized spacial score (nSPS) is 45.2. The first kappa shape index (κ1) is 21.3. The van der Waals surface area contributed by atoms with E-state index in [0.29, 0.717) is 29.6 Å². The van der Waals surface area contributed by atoms with Crippen LogP contribution in [0, 0.1) is 34.5 Å². The van der Waals surface area contributed by atoms with Gasteiger partial charge in [0.15, 0.2) is 0 Å². The highest BCUT2D eigenvalue weighted by molar-refractivity contribution is 5.83. The molecule has 3 aliphatic rings. The second-order valence-electron chi connectivity index (χ2n) is 11.4. The molecule has 3 heteroatoms. The Kier molecular flexibility index (Phi) is 4.95. The van der Waals surface area contributed by atoms with E-state index in [9.17, 15) is 10.2 Å². The minimum absolute atomic E-state index is 0.253. The lowest BCUT2D eigenvalue weighted by Crippen LogP contribution is -2.69. The number of aromatic nitrogens is 1. The third-order valence-electron chi connectivity index (χ3n) is 10.3. The Morgan fingerprint density at radius 1 is 1.10 bits per heavy atom. The fraction of sp³-hybridized carbons (Fsp3) is 0.643. The number of aromatic amines is 1. The van der Waals surface area contributed by atoms with E-state index in [1.807, 2.05) is 0 Å². The van der Waals surface area contributed by atoms with Crippen molar-refractivity contribution in [3.8, 4) is 0 Å². The molecule has 1 spiro atoms. The quantitative estimate of drug-likeness (QED) is 0.518. The van der Waals surface area contributed by atoms with Crippen LogP contribution in [0.3, 0.4) is 0 Å². The van der Waals surface area contributed by atoms with Crippen LogP contribution in [0.5, 0.6) is 0 Å². The van der Waals surface area contributed by atoms with Crippen molar-refractivity contribution in [1.82, 2.24) is 4.98 Å². The van der Waals surface area contributed by atoms with Crippen LogP contribution in [0.2, 0.25) is 0 Å². The number of benzene rings is 1. The Morgan fingerprint density at radius 2 is 1.84 bits per heavy atom. The Balaban J connectivity index is 1.75. The molecule has 3 aliphatic carbocycles. The average molecular weight is 422 g/mol. The molecule has 0 amide bonds. The van der Waals surface area contributed by atoms with Crippen LogP contribution in [0.15, 0.2) is 42.6 Å². The second kappa shape index (κ2) is 7.22. The first-order chi connectivity index (χ1) is 14.7. The smallest absolute Gasteiger partial charge is 0.0605 e. The first-order valence-corrected chi connectivity index (χ1v) is 12.3. The van der Waals surface area contributed by atoms with Crippen LogP contribution in [-0.2, 0) is 0 Å². The summed E-state index contributed by atoms with van der Waals surface area (Å²) in [5, 5.41) is 24.5. The topological polar surface area (TPSA) is 56.2 Å². The standard InChI is InChI=1S/C28H39NO2/c1-16(2)19-12-13-28-23(30)11-10-18(4)27(28,5)24(31)14-17(3)26(28)25(19)21-15-29-22-9-7-6-8-20(21)22/h6-9,15,17-19,23-26,29-31H,1,10-14H2,2-5H3/t17-,18-,19+,23+,24-,25-,26+,27-,28?/m1/s1. The molecule has 1 unspecified atom stereocenters. The van der Waals surface area contributed by atoms with Crippen molar-refractivity contribution < 1.29 is 10.2 Å². The maximum absolute atomic E-state index is 11.7. The molecule has 1 heterocycles. The lowest BCUT2D eigenvalue weighted by atomic mass is 9.35. The summed E-state index contributed by atoms with van der Waals surface area (Å²) in [6, 6.07) is 8.61. The zero-order chi connectivity index (χ0) is 22.1. The molecular weight excluding hydrogens is 382 g/mol. The van der Waals surface area contributed by atoms with E-state index in [1.165, 1.54) is 22.0 Å². The molecule has 3 saturated carbocycles. The minimum atomic E-state index is -0.353. The summed E-state index contributed by atoms with van der Waals surface area (Å²) in [7, 11) is 0. The van der Waals surface area contributed by atoms with Crippen LogP contribution in [-0.4, -0.2) is 27.4 Å². The molecule has 168 valence electrons. The van der Waals surface area contributed by atoms with Crippen LogP contribution >= 0.6 is 0 Å². The Hall–Kier alpha value is -1.58. The van der Waals surface area contributed by atoms with Gasteiger partial charge in [-0.25, -0.2) is 0 Å². The van der Waals surface area contributed by atoms with E-state index in [-0.39, 0.29) is 23.0 Å². The maximum Gasteiger partial charge on any atom is 0.0605 e. The molecule has 31 heavy (non-hydrogen) atoms. The lowest BCUT2D eigenvalue weighted by Gasteiger charge is -2.70. The molecule has 3 N–H and O–H groups in total. The lowest BCUT2D eigenvalue weighted by molar-refractivity contribution is -0.266. The largest absolute Gasteiger partial charge is 0.393 e. The molecule has 0 bridgehead atoms. The highest BCUT2D eigenvalue weighted by Crippen LogP contribution is 2.72. The van der Waals surface area contributed by atoms with E-state index in [0.717, 1.165) is 32.1 Å². The molecule has 9 atom stereocenters. The van der Waals surface area contributed by atoms with E-state index < -0.39 is 0 Å². The Bertz CT molecular complexity index is 994. The van der Waals surface area contributed by atoms with Crippen LogP contribution in [0.4, 0.5) is 0 Å². The zero-order valence-electron chi connectivity index (χ0n) is 19.6. The summed E-state index contributed by atoms with van der Waals surface area (Å²) in [4.78, 5) is 3.52. The van der Waals surface area contributed by atoms with E-state index in [4.69, 9.17) is 0 Å². The fourth-order valence-electron chi connectivity index (χ4n) is 8.69. The van der Waals surface area contributed by atoms with Gasteiger partial charge in [0.25, 0.3) is 0 Å². The van der Waals surface area contributed by atoms with Crippen molar-refractivity contribution in [2.24, 2.45) is 34.5 Å². The summed E-state index contributed by atoms with van der Waals surface area (Å²) in [5.74, 6) is 1.80. The van der Waals surface area contributed by atoms with Crippen molar-refractivity contribution >= 4 is 10.9 Å². The van der Waals surface area contributed by atoms with Gasteiger partial charge < -0.3 is 15.2 Å². The third-order valence-corrected chi connectivity index (χ3v) is 10.3. The summed E-state index contributed by atoms with van der Waals surface area (Å²) in [6.07, 6.45) is 6.21. The SMILES string of the molecule is C=C(C)[C@@H]1CCC23[C@H]([C@H]1c1c[nH]c4ccccc14)[C@H](C)C[C@@H](O)[C@@]2(C)[C@H](C)CC[C@@H]3O. The summed E-state index contributed by atoms with van der Waals surface area (Å²) >= 11 is 0. The van der Waals surface area contributed by atoms with Crippen LogP contribution in [0.1, 0.15) is 71.3 Å². The summed E-state index contributed by atoms with van der Waals surface area (Å²) in [6.45, 7) is 13.6. The van der Waals surface area contributed by atoms with Gasteiger partial charge in [0.2, 0.25) is 0 Å². The van der Waals surface area contributed by atoms with E-state index >= 15 is 0 Å². The number of aliphatic hydroxyl groups is 2. The van der Waals surface area contributed by atoms with Crippen molar-refractivity contribution in [3.05, 3.63) is 48.2 Å². The van der Waals surface area contributed by atoms with E-state index in [1.54, 1.807) is 0 Å². The molecule has 3 fully saturated rings. The van der Waals surface area contributed by atoms with Gasteiger partial charge in [-0.05, 0) is 80.2 Å². The predicted molar refractivity (Wildman–Crippen MR) is 127 cm³/mol. The Morgan fingerprint density at radius 3 is 2.58 bits per heavy atom. The number of rotatable bonds is 2. The molecule has 1 aromatic carbocycles. The second-order valence-corrected chi connectivity index (χ2v) is 11.4. The minimum Gasteiger partial charge on any atom is -0.393 e. The first-order valence-electron chi connectivity index (χ1n) is 12.3. The number of H-pyrrole nitrogens is 1. The van der Waals surface area contributed by atoms with Gasteiger partial charge in [-0.1, -0.05) is 51.1 Å². The zero-order valence-corrected chi connectivity index (χ0v) is 19.6. The molecule has 0 saturated heterocycles. The monoisotopic (exact) mass is 421 g/mol. The number of aliphatic hydroxyl groups excluding tert-OH is 2. The van der Waals surface area contributed by atoms with Gasteiger partial charge in [-0.3, -0.25) is 0 Å². The number of para-hydroxylation sites is 1. The Labute approximate surface area is 187 Å². The number of fused-ring (bicyclic) bond motifs is 1. The highest BCUT2D eigenvalue weighted by Gasteiger charge is 2.70. The molecule has 2 aromatic rings. The third kappa shape index (κ3) is 2.66. The highest BCUT2D eigenvalue weighted by atomic mass is 16.3. The molecule has 3 nitrogen and oxygen atoms in total. The molecule has 1 aromatic heterocycles. The maximum atomic E-state index is 11.7.